The van der Waals surface area contributed by atoms with Crippen LogP contribution in [0.1, 0.15) is 79.1 Å². The molecule has 180 valence electrons. The zero-order chi connectivity index (χ0) is 23.2. The minimum Gasteiger partial charge on any atom is -0.325 e. The summed E-state index contributed by atoms with van der Waals surface area (Å²) >= 11 is 10.8. The van der Waals surface area contributed by atoms with Crippen molar-refractivity contribution in [2.24, 2.45) is 0 Å². The molecule has 0 saturated heterocycles. The summed E-state index contributed by atoms with van der Waals surface area (Å²) in [6, 6.07) is 0. The Hall–Kier alpha value is 1.88. The van der Waals surface area contributed by atoms with E-state index >= 15 is 0 Å². The van der Waals surface area contributed by atoms with Crippen molar-refractivity contribution >= 4 is 68.0 Å². The molecule has 0 amide bonds. The molecule has 28 heavy (non-hydrogen) atoms. The summed E-state index contributed by atoms with van der Waals surface area (Å²) in [5.74, 6) is 0. The minimum atomic E-state index is -3.81. The fourth-order valence-electron chi connectivity index (χ4n) is 1.000. The molecule has 0 atom stereocenters. The summed E-state index contributed by atoms with van der Waals surface area (Å²) in [4.78, 5) is 68.0. The van der Waals surface area contributed by atoms with Crippen LogP contribution in [0.15, 0.2) is 0 Å². The normalized spacial score (nSPS) is 10.2. The maximum absolute atomic E-state index is 7.56. The maximum atomic E-state index is 7.56. The third kappa shape index (κ3) is 324. The van der Waals surface area contributed by atoms with Crippen LogP contribution in [0.2, 0.25) is 0 Å². The molecule has 0 aromatic rings. The van der Waals surface area contributed by atoms with Gasteiger partial charge >= 0.3 is 20.2 Å². The molecule has 0 aromatic carbocycles. The lowest BCUT2D eigenvalue weighted by atomic mass is 10.2. The van der Waals surface area contributed by atoms with Gasteiger partial charge in [0, 0.05) is 0 Å². The van der Waals surface area contributed by atoms with E-state index in [1.165, 1.54) is 51.4 Å². The van der Waals surface area contributed by atoms with E-state index in [1.807, 2.05) is 0 Å². The molecule has 9 nitrogen and oxygen atoms in total. The fraction of sp³-hybridized carbons (Fsp3) is 1.00. The van der Waals surface area contributed by atoms with Crippen molar-refractivity contribution in [3.05, 3.63) is 0 Å². The lowest BCUT2D eigenvalue weighted by molar-refractivity contribution is 0.361. The van der Waals surface area contributed by atoms with Gasteiger partial charge in [-0.25, -0.2) is 0 Å². The average Bonchev–Trinajstić information content (AvgIpc) is 2.38. The summed E-state index contributed by atoms with van der Waals surface area (Å²) in [5.41, 5.74) is 0. The van der Waals surface area contributed by atoms with E-state index in [9.17, 15) is 0 Å². The number of hydrogen-bond acceptors (Lipinski definition) is 3. The van der Waals surface area contributed by atoms with Crippen molar-refractivity contribution in [1.82, 2.24) is 0 Å². The average molecular weight is 551 g/mol. The van der Waals surface area contributed by atoms with Gasteiger partial charge in [-0.15, -0.1) is 12.4 Å². The van der Waals surface area contributed by atoms with Crippen LogP contribution in [0.4, 0.5) is 0 Å². The van der Waals surface area contributed by atoms with Gasteiger partial charge in [-0.1, -0.05) is 79.1 Å². The molecule has 0 heterocycles. The molecule has 9 N–H and O–H groups in total. The van der Waals surface area contributed by atoms with Crippen LogP contribution in [0.5, 0.6) is 0 Å². The van der Waals surface area contributed by atoms with Crippen LogP contribution in [0.25, 0.3) is 0 Å². The van der Waals surface area contributed by atoms with Crippen molar-refractivity contribution in [3.8, 4) is 0 Å². The Morgan fingerprint density at radius 3 is 0.536 bits per heavy atom. The predicted octanol–water partition coefficient (Wildman–Crippen LogP) is 3.16. The lowest BCUT2D eigenvalue weighted by Gasteiger charge is -1.88. The molecule has 0 aliphatic carbocycles. The van der Waals surface area contributed by atoms with Crippen molar-refractivity contribution in [1.29, 1.82) is 0 Å². The zero-order valence-electron chi connectivity index (χ0n) is 16.7. The van der Waals surface area contributed by atoms with Crippen molar-refractivity contribution < 1.29 is 44.0 Å². The third-order valence-electron chi connectivity index (χ3n) is 1.91. The Labute approximate surface area is 190 Å². The highest BCUT2D eigenvalue weighted by Crippen LogP contribution is 2.27. The summed E-state index contributed by atoms with van der Waals surface area (Å²) in [6.07, 6.45) is 11.1. The second kappa shape index (κ2) is 28.9. The van der Waals surface area contributed by atoms with Crippen molar-refractivity contribution in [3.63, 3.8) is 0 Å². The van der Waals surface area contributed by atoms with E-state index in [-0.39, 0.29) is 12.4 Å². The first kappa shape index (κ1) is 43.7. The molecular formula is C12H38ClO9P3S3. The molecular weight excluding hydrogens is 513 g/mol. The van der Waals surface area contributed by atoms with E-state index in [4.69, 9.17) is 44.0 Å². The molecule has 0 saturated carbocycles. The first-order chi connectivity index (χ1) is 11.8. The standard InChI is InChI=1S/2C6H14.ClH.3H3O3PS/c2*1-3-5-6-4-2;;3*1-4(2,3)5/h2*3-6H2,1-2H3;1H;3*(H3,1,2,3,5). The Morgan fingerprint density at radius 1 is 0.429 bits per heavy atom. The summed E-state index contributed by atoms with van der Waals surface area (Å²) in [6.45, 7) is -2.49. The quantitative estimate of drug-likeness (QED) is 0.174. The van der Waals surface area contributed by atoms with Gasteiger partial charge in [-0.2, -0.15) is 0 Å². The van der Waals surface area contributed by atoms with Gasteiger partial charge in [0.2, 0.25) is 0 Å². The SMILES string of the molecule is CCCCCC.CCCCCC.Cl.OP(O)(O)=S.OP(O)(O)=S.OP(O)(O)=S. The highest BCUT2D eigenvalue weighted by molar-refractivity contribution is 8.06. The van der Waals surface area contributed by atoms with Crippen LogP contribution in [0.3, 0.4) is 0 Å². The van der Waals surface area contributed by atoms with E-state index in [0.717, 1.165) is 0 Å². The van der Waals surface area contributed by atoms with Crippen LogP contribution in [0, 0.1) is 0 Å². The Balaban J connectivity index is -0.0000000537. The third-order valence-corrected chi connectivity index (χ3v) is 1.91. The summed E-state index contributed by atoms with van der Waals surface area (Å²) in [7, 11) is 0. The van der Waals surface area contributed by atoms with Gasteiger partial charge in [0.1, 0.15) is 0 Å². The topological polar surface area (TPSA) is 182 Å². The van der Waals surface area contributed by atoms with E-state index < -0.39 is 20.2 Å². The smallest absolute Gasteiger partial charge is 0.319 e. The second-order valence-electron chi connectivity index (χ2n) is 4.95. The molecule has 0 radical (unpaired) electrons. The number of hydrogen-bond donors (Lipinski definition) is 9. The van der Waals surface area contributed by atoms with Crippen LogP contribution in [-0.4, -0.2) is 44.0 Å². The maximum Gasteiger partial charge on any atom is 0.319 e. The molecule has 0 aromatic heterocycles. The molecule has 0 bridgehead atoms. The largest absolute Gasteiger partial charge is 0.325 e. The minimum absolute atomic E-state index is 0. The number of rotatable bonds is 6. The van der Waals surface area contributed by atoms with Crippen LogP contribution >= 0.6 is 32.6 Å². The van der Waals surface area contributed by atoms with Gasteiger partial charge in [0.25, 0.3) is 0 Å². The van der Waals surface area contributed by atoms with Gasteiger partial charge < -0.3 is 44.0 Å². The molecule has 0 spiro atoms. The summed E-state index contributed by atoms with van der Waals surface area (Å²) < 4.78 is 0. The Morgan fingerprint density at radius 2 is 0.500 bits per heavy atom. The van der Waals surface area contributed by atoms with Gasteiger partial charge in [-0.05, 0) is 35.4 Å². The van der Waals surface area contributed by atoms with Crippen LogP contribution < -0.4 is 0 Å². The van der Waals surface area contributed by atoms with Gasteiger partial charge in [-0.3, -0.25) is 0 Å². The zero-order valence-corrected chi connectivity index (χ0v) is 22.6. The summed E-state index contributed by atoms with van der Waals surface area (Å²) in [5, 5.41) is 0. The number of unbranched alkanes of at least 4 members (excludes halogenated alkanes) is 6. The molecule has 0 aliphatic rings. The van der Waals surface area contributed by atoms with E-state index in [0.29, 0.717) is 0 Å². The molecule has 16 heteroatoms. The predicted molar refractivity (Wildman–Crippen MR) is 130 cm³/mol. The highest BCUT2D eigenvalue weighted by Gasteiger charge is 1.93. The number of halogens is 1. The van der Waals surface area contributed by atoms with Gasteiger partial charge in [0.15, 0.2) is 0 Å². The van der Waals surface area contributed by atoms with Gasteiger partial charge in [0.05, 0.1) is 0 Å². The van der Waals surface area contributed by atoms with Crippen molar-refractivity contribution in [2.45, 2.75) is 79.1 Å². The van der Waals surface area contributed by atoms with Crippen LogP contribution in [-0.2, 0) is 35.4 Å². The highest BCUT2D eigenvalue weighted by atomic mass is 35.5. The van der Waals surface area contributed by atoms with E-state index in [1.54, 1.807) is 0 Å². The fourth-order valence-corrected chi connectivity index (χ4v) is 1.000. The molecule has 0 unspecified atom stereocenters. The molecule has 0 aliphatic heterocycles. The van der Waals surface area contributed by atoms with E-state index in [2.05, 4.69) is 63.1 Å². The lowest BCUT2D eigenvalue weighted by Crippen LogP contribution is -1.66. The monoisotopic (exact) mass is 550 g/mol. The van der Waals surface area contributed by atoms with Crippen molar-refractivity contribution in [2.75, 3.05) is 0 Å². The Kier molecular flexibility index (Phi) is 45.1. The molecule has 0 fully saturated rings. The molecule has 0 rings (SSSR count). The Bertz CT molecular complexity index is 328. The first-order valence-electron chi connectivity index (χ1n) is 8.18. The first-order valence-corrected chi connectivity index (χ1v) is 16.2. The second-order valence-corrected chi connectivity index (χ2v) is 12.4.